The molecule has 4 nitrogen and oxygen atoms in total. The highest BCUT2D eigenvalue weighted by Gasteiger charge is 2.31. The molecule has 0 unspecified atom stereocenters. The van der Waals surface area contributed by atoms with E-state index in [1.807, 2.05) is 30.3 Å². The van der Waals surface area contributed by atoms with E-state index < -0.39 is 0 Å². The number of hydrogen-bond donors (Lipinski definition) is 0. The summed E-state index contributed by atoms with van der Waals surface area (Å²) in [5, 5.41) is 0. The number of carbonyl (C=O) groups excluding carboxylic acids is 1. The quantitative estimate of drug-likeness (QED) is 0.457. The summed E-state index contributed by atoms with van der Waals surface area (Å²) in [6.45, 7) is 1.22. The zero-order valence-electron chi connectivity index (χ0n) is 12.0. The molecule has 1 aromatic rings. The Bertz CT molecular complexity index is 555. The normalized spacial score (nSPS) is 16.9. The van der Waals surface area contributed by atoms with Gasteiger partial charge >= 0.3 is 0 Å². The summed E-state index contributed by atoms with van der Waals surface area (Å²) in [5.41, 5.74) is 0.952. The predicted octanol–water partition coefficient (Wildman–Crippen LogP) is 2.93. The van der Waals surface area contributed by atoms with Gasteiger partial charge in [-0.3, -0.25) is 9.69 Å². The second-order valence-corrected chi connectivity index (χ2v) is 6.13. The van der Waals surface area contributed by atoms with Crippen LogP contribution in [0.1, 0.15) is 12.0 Å². The SMILES string of the molecule is COCCCN1C(=O)/C(=C/c2ccc(OC)cc2)SC1=S. The second kappa shape index (κ2) is 7.59. The first-order valence-corrected chi connectivity index (χ1v) is 7.76. The van der Waals surface area contributed by atoms with Crippen LogP contribution in [0.5, 0.6) is 5.75 Å². The first-order chi connectivity index (χ1) is 10.2. The zero-order valence-corrected chi connectivity index (χ0v) is 13.6. The van der Waals surface area contributed by atoms with Crippen LogP contribution in [-0.4, -0.2) is 42.5 Å². The molecule has 2 rings (SSSR count). The van der Waals surface area contributed by atoms with Gasteiger partial charge in [-0.05, 0) is 30.2 Å². The lowest BCUT2D eigenvalue weighted by atomic mass is 10.2. The maximum absolute atomic E-state index is 12.3. The number of hydrogen-bond acceptors (Lipinski definition) is 5. The molecule has 1 aromatic carbocycles. The van der Waals surface area contributed by atoms with E-state index >= 15 is 0 Å². The van der Waals surface area contributed by atoms with E-state index in [9.17, 15) is 4.79 Å². The van der Waals surface area contributed by atoms with Gasteiger partial charge in [0.2, 0.25) is 0 Å². The standard InChI is InChI=1S/C15H17NO3S2/c1-18-9-3-8-16-14(17)13(21-15(16)20)10-11-4-6-12(19-2)7-5-11/h4-7,10H,3,8-9H2,1-2H3/b13-10-. The van der Waals surface area contributed by atoms with Crippen LogP contribution >= 0.6 is 24.0 Å². The molecule has 1 saturated heterocycles. The molecule has 0 aromatic heterocycles. The van der Waals surface area contributed by atoms with Crippen LogP contribution in [0.4, 0.5) is 0 Å². The van der Waals surface area contributed by atoms with E-state index in [2.05, 4.69) is 0 Å². The van der Waals surface area contributed by atoms with Crippen LogP contribution < -0.4 is 4.74 Å². The third-order valence-electron chi connectivity index (χ3n) is 3.02. The van der Waals surface area contributed by atoms with Crippen LogP contribution in [0.2, 0.25) is 0 Å². The highest BCUT2D eigenvalue weighted by atomic mass is 32.2. The van der Waals surface area contributed by atoms with Crippen molar-refractivity contribution in [3.05, 3.63) is 34.7 Å². The molecular weight excluding hydrogens is 306 g/mol. The minimum atomic E-state index is -0.0306. The van der Waals surface area contributed by atoms with Crippen molar-refractivity contribution in [2.75, 3.05) is 27.4 Å². The van der Waals surface area contributed by atoms with Gasteiger partial charge in [0.1, 0.15) is 10.1 Å². The molecule has 0 N–H and O–H groups in total. The Morgan fingerprint density at radius 2 is 2.00 bits per heavy atom. The van der Waals surface area contributed by atoms with Gasteiger partial charge in [0.15, 0.2) is 0 Å². The summed E-state index contributed by atoms with van der Waals surface area (Å²) in [6, 6.07) is 7.56. The van der Waals surface area contributed by atoms with Gasteiger partial charge < -0.3 is 9.47 Å². The average molecular weight is 323 g/mol. The Labute approximate surface area is 134 Å². The Balaban J connectivity index is 2.08. The maximum atomic E-state index is 12.3. The molecule has 0 aliphatic carbocycles. The van der Waals surface area contributed by atoms with Gasteiger partial charge in [-0.1, -0.05) is 36.1 Å². The van der Waals surface area contributed by atoms with Crippen molar-refractivity contribution >= 4 is 40.3 Å². The summed E-state index contributed by atoms with van der Waals surface area (Å²) >= 11 is 6.61. The van der Waals surface area contributed by atoms with Crippen LogP contribution in [0.15, 0.2) is 29.2 Å². The largest absolute Gasteiger partial charge is 0.497 e. The van der Waals surface area contributed by atoms with Crippen molar-refractivity contribution in [3.8, 4) is 5.75 Å². The fourth-order valence-corrected chi connectivity index (χ4v) is 3.22. The van der Waals surface area contributed by atoms with Gasteiger partial charge in [-0.25, -0.2) is 0 Å². The minimum Gasteiger partial charge on any atom is -0.497 e. The van der Waals surface area contributed by atoms with E-state index in [4.69, 9.17) is 21.7 Å². The maximum Gasteiger partial charge on any atom is 0.266 e. The molecule has 0 radical (unpaired) electrons. The van der Waals surface area contributed by atoms with Crippen molar-refractivity contribution < 1.29 is 14.3 Å². The molecule has 1 aliphatic heterocycles. The summed E-state index contributed by atoms with van der Waals surface area (Å²) in [4.78, 5) is 14.6. The van der Waals surface area contributed by atoms with Crippen molar-refractivity contribution in [1.82, 2.24) is 4.90 Å². The molecule has 1 amide bonds. The highest BCUT2D eigenvalue weighted by Crippen LogP contribution is 2.32. The van der Waals surface area contributed by atoms with E-state index in [1.165, 1.54) is 11.8 Å². The summed E-state index contributed by atoms with van der Waals surface area (Å²) in [6.07, 6.45) is 2.63. The van der Waals surface area contributed by atoms with Crippen LogP contribution in [0.25, 0.3) is 6.08 Å². The Morgan fingerprint density at radius 3 is 2.62 bits per heavy atom. The Kier molecular flexibility index (Phi) is 5.78. The molecule has 21 heavy (non-hydrogen) atoms. The van der Waals surface area contributed by atoms with Gasteiger partial charge in [0.25, 0.3) is 5.91 Å². The third kappa shape index (κ3) is 4.06. The van der Waals surface area contributed by atoms with Gasteiger partial charge in [-0.15, -0.1) is 0 Å². The molecule has 6 heteroatoms. The molecular formula is C15H17NO3S2. The van der Waals surface area contributed by atoms with Crippen LogP contribution in [0, 0.1) is 0 Å². The number of amides is 1. The molecule has 0 atom stereocenters. The summed E-state index contributed by atoms with van der Waals surface area (Å²) in [7, 11) is 3.27. The Morgan fingerprint density at radius 1 is 1.29 bits per heavy atom. The van der Waals surface area contributed by atoms with E-state index in [0.29, 0.717) is 22.4 Å². The molecule has 0 bridgehead atoms. The molecule has 1 heterocycles. The lowest BCUT2D eigenvalue weighted by Crippen LogP contribution is -2.29. The van der Waals surface area contributed by atoms with Crippen molar-refractivity contribution in [3.63, 3.8) is 0 Å². The predicted molar refractivity (Wildman–Crippen MR) is 89.4 cm³/mol. The van der Waals surface area contributed by atoms with E-state index in [1.54, 1.807) is 19.1 Å². The lowest BCUT2D eigenvalue weighted by molar-refractivity contribution is -0.122. The molecule has 1 fully saturated rings. The van der Waals surface area contributed by atoms with Gasteiger partial charge in [-0.2, -0.15) is 0 Å². The summed E-state index contributed by atoms with van der Waals surface area (Å²) in [5.74, 6) is 0.760. The highest BCUT2D eigenvalue weighted by molar-refractivity contribution is 8.26. The van der Waals surface area contributed by atoms with Gasteiger partial charge in [0, 0.05) is 20.3 Å². The average Bonchev–Trinajstić information content (AvgIpc) is 2.75. The first kappa shape index (κ1) is 16.0. The minimum absolute atomic E-state index is 0.0306. The zero-order chi connectivity index (χ0) is 15.2. The number of methoxy groups -OCH3 is 2. The fraction of sp³-hybridized carbons (Fsp3) is 0.333. The lowest BCUT2D eigenvalue weighted by Gasteiger charge is -2.13. The van der Waals surface area contributed by atoms with Crippen LogP contribution in [-0.2, 0) is 9.53 Å². The van der Waals surface area contributed by atoms with Crippen molar-refractivity contribution in [1.29, 1.82) is 0 Å². The first-order valence-electron chi connectivity index (χ1n) is 6.54. The van der Waals surface area contributed by atoms with Crippen molar-refractivity contribution in [2.45, 2.75) is 6.42 Å². The third-order valence-corrected chi connectivity index (χ3v) is 4.40. The van der Waals surface area contributed by atoms with Crippen molar-refractivity contribution in [2.24, 2.45) is 0 Å². The molecule has 0 saturated carbocycles. The number of benzene rings is 1. The van der Waals surface area contributed by atoms with E-state index in [-0.39, 0.29) is 5.91 Å². The fourth-order valence-electron chi connectivity index (χ4n) is 1.91. The number of rotatable bonds is 6. The number of thioether (sulfide) groups is 1. The number of ether oxygens (including phenoxy) is 2. The Hall–Kier alpha value is -1.37. The monoisotopic (exact) mass is 323 g/mol. The topological polar surface area (TPSA) is 38.8 Å². The molecule has 1 aliphatic rings. The number of thiocarbonyl (C=S) groups is 1. The smallest absolute Gasteiger partial charge is 0.266 e. The van der Waals surface area contributed by atoms with Crippen LogP contribution in [0.3, 0.4) is 0 Å². The molecule has 112 valence electrons. The second-order valence-electron chi connectivity index (χ2n) is 4.45. The summed E-state index contributed by atoms with van der Waals surface area (Å²) < 4.78 is 10.7. The van der Waals surface area contributed by atoms with Gasteiger partial charge in [0.05, 0.1) is 12.0 Å². The number of nitrogens with zero attached hydrogens (tertiary/aromatic N) is 1. The van der Waals surface area contributed by atoms with E-state index in [0.717, 1.165) is 17.7 Å². The number of carbonyl (C=O) groups is 1. The molecule has 0 spiro atoms.